The van der Waals surface area contributed by atoms with Crippen molar-refractivity contribution in [3.05, 3.63) is 70.0 Å². The number of hydrogen-bond donors (Lipinski definition) is 0. The number of hydrogen-bond acceptors (Lipinski definition) is 0. The van der Waals surface area contributed by atoms with Gasteiger partial charge in [-0.3, -0.25) is 0 Å². The molecule has 0 bridgehead atoms. The summed E-state index contributed by atoms with van der Waals surface area (Å²) in [5, 5.41) is 0. The summed E-state index contributed by atoms with van der Waals surface area (Å²) >= 11 is 0. The third-order valence-corrected chi connectivity index (χ3v) is 2.90. The van der Waals surface area contributed by atoms with Crippen LogP contribution < -0.4 is 0 Å². The highest BCUT2D eigenvalue weighted by Gasteiger charge is 2.11. The van der Waals surface area contributed by atoms with Gasteiger partial charge in [0, 0.05) is 12.0 Å². The van der Waals surface area contributed by atoms with Crippen LogP contribution >= 0.6 is 0 Å². The first-order valence-electron chi connectivity index (χ1n) is 5.67. The Balaban J connectivity index is 2.37. The van der Waals surface area contributed by atoms with Gasteiger partial charge in [-0.1, -0.05) is 12.1 Å². The van der Waals surface area contributed by atoms with E-state index in [0.717, 1.165) is 0 Å². The van der Waals surface area contributed by atoms with Crippen molar-refractivity contribution in [2.45, 2.75) is 20.3 Å². The SMILES string of the molecule is Cc1cc(F)c(Cc2ccc(C)c(F)c2)c(F)c1. The molecule has 0 N–H and O–H groups in total. The van der Waals surface area contributed by atoms with E-state index in [1.54, 1.807) is 26.0 Å². The second kappa shape index (κ2) is 4.84. The molecule has 0 atom stereocenters. The monoisotopic (exact) mass is 250 g/mol. The predicted octanol–water partition coefficient (Wildman–Crippen LogP) is 4.31. The van der Waals surface area contributed by atoms with Crippen LogP contribution in [0.4, 0.5) is 13.2 Å². The van der Waals surface area contributed by atoms with E-state index in [-0.39, 0.29) is 17.8 Å². The topological polar surface area (TPSA) is 0 Å². The van der Waals surface area contributed by atoms with Gasteiger partial charge in [0.2, 0.25) is 0 Å². The van der Waals surface area contributed by atoms with E-state index < -0.39 is 11.6 Å². The lowest BCUT2D eigenvalue weighted by Crippen LogP contribution is -1.99. The van der Waals surface area contributed by atoms with Crippen molar-refractivity contribution in [1.82, 2.24) is 0 Å². The fraction of sp³-hybridized carbons (Fsp3) is 0.200. The molecule has 0 aliphatic rings. The molecule has 0 nitrogen and oxygen atoms in total. The van der Waals surface area contributed by atoms with Crippen LogP contribution in [0.2, 0.25) is 0 Å². The van der Waals surface area contributed by atoms with Gasteiger partial charge >= 0.3 is 0 Å². The van der Waals surface area contributed by atoms with Crippen molar-refractivity contribution in [1.29, 1.82) is 0 Å². The van der Waals surface area contributed by atoms with Gasteiger partial charge in [0.1, 0.15) is 17.5 Å². The number of benzene rings is 2. The summed E-state index contributed by atoms with van der Waals surface area (Å²) in [6, 6.07) is 7.16. The second-order valence-electron chi connectivity index (χ2n) is 4.47. The molecule has 2 rings (SSSR count). The van der Waals surface area contributed by atoms with Crippen molar-refractivity contribution in [3.8, 4) is 0 Å². The second-order valence-corrected chi connectivity index (χ2v) is 4.47. The van der Waals surface area contributed by atoms with Crippen LogP contribution in [0.5, 0.6) is 0 Å². The molecule has 0 spiro atoms. The van der Waals surface area contributed by atoms with E-state index in [1.165, 1.54) is 18.2 Å². The maximum Gasteiger partial charge on any atom is 0.129 e. The smallest absolute Gasteiger partial charge is 0.129 e. The Morgan fingerprint density at radius 2 is 1.44 bits per heavy atom. The minimum atomic E-state index is -0.589. The van der Waals surface area contributed by atoms with E-state index in [0.29, 0.717) is 16.7 Å². The lowest BCUT2D eigenvalue weighted by atomic mass is 10.0. The van der Waals surface area contributed by atoms with Gasteiger partial charge in [-0.05, 0) is 48.7 Å². The average Bonchev–Trinajstić information content (AvgIpc) is 2.28. The van der Waals surface area contributed by atoms with Crippen LogP contribution in [0.3, 0.4) is 0 Å². The zero-order valence-electron chi connectivity index (χ0n) is 10.2. The summed E-state index contributed by atoms with van der Waals surface area (Å²) in [7, 11) is 0. The van der Waals surface area contributed by atoms with Crippen molar-refractivity contribution in [2.75, 3.05) is 0 Å². The third kappa shape index (κ3) is 2.55. The van der Waals surface area contributed by atoms with Crippen molar-refractivity contribution >= 4 is 0 Å². The molecule has 0 unspecified atom stereocenters. The molecular formula is C15H13F3. The van der Waals surface area contributed by atoms with Crippen LogP contribution in [-0.2, 0) is 6.42 Å². The fourth-order valence-electron chi connectivity index (χ4n) is 1.85. The van der Waals surface area contributed by atoms with Gasteiger partial charge in [0.15, 0.2) is 0 Å². The molecule has 0 saturated carbocycles. The maximum atomic E-state index is 13.6. The van der Waals surface area contributed by atoms with E-state index >= 15 is 0 Å². The molecular weight excluding hydrogens is 237 g/mol. The Kier molecular flexibility index (Phi) is 3.41. The Labute approximate surface area is 104 Å². The Hall–Kier alpha value is -1.77. The van der Waals surface area contributed by atoms with Gasteiger partial charge in [-0.15, -0.1) is 0 Å². The predicted molar refractivity (Wildman–Crippen MR) is 65.0 cm³/mol. The Morgan fingerprint density at radius 3 is 2.00 bits per heavy atom. The highest BCUT2D eigenvalue weighted by atomic mass is 19.1. The lowest BCUT2D eigenvalue weighted by Gasteiger charge is -2.07. The summed E-state index contributed by atoms with van der Waals surface area (Å²) in [6.45, 7) is 3.27. The van der Waals surface area contributed by atoms with Crippen molar-refractivity contribution in [2.24, 2.45) is 0 Å². The molecule has 18 heavy (non-hydrogen) atoms. The summed E-state index contributed by atoms with van der Waals surface area (Å²) in [5.41, 5.74) is 1.58. The lowest BCUT2D eigenvalue weighted by molar-refractivity contribution is 0.558. The van der Waals surface area contributed by atoms with Crippen LogP contribution in [0.25, 0.3) is 0 Å². The van der Waals surface area contributed by atoms with Crippen LogP contribution in [0.1, 0.15) is 22.3 Å². The number of halogens is 3. The quantitative estimate of drug-likeness (QED) is 0.745. The van der Waals surface area contributed by atoms with Gasteiger partial charge in [0.25, 0.3) is 0 Å². The van der Waals surface area contributed by atoms with Gasteiger partial charge in [-0.25, -0.2) is 13.2 Å². The van der Waals surface area contributed by atoms with E-state index in [2.05, 4.69) is 0 Å². The van der Waals surface area contributed by atoms with E-state index in [1.807, 2.05) is 0 Å². The highest BCUT2D eigenvalue weighted by Crippen LogP contribution is 2.20. The third-order valence-electron chi connectivity index (χ3n) is 2.90. The fourth-order valence-corrected chi connectivity index (χ4v) is 1.85. The number of aryl methyl sites for hydroxylation is 2. The maximum absolute atomic E-state index is 13.6. The molecule has 0 fully saturated rings. The molecule has 0 aromatic heterocycles. The number of rotatable bonds is 2. The van der Waals surface area contributed by atoms with Crippen LogP contribution in [0, 0.1) is 31.3 Å². The molecule has 94 valence electrons. The Morgan fingerprint density at radius 1 is 0.833 bits per heavy atom. The summed E-state index contributed by atoms with van der Waals surface area (Å²) in [5.74, 6) is -1.54. The molecule has 0 saturated heterocycles. The van der Waals surface area contributed by atoms with Crippen LogP contribution in [-0.4, -0.2) is 0 Å². The van der Waals surface area contributed by atoms with Gasteiger partial charge < -0.3 is 0 Å². The van der Waals surface area contributed by atoms with Gasteiger partial charge in [0.05, 0.1) is 0 Å². The minimum absolute atomic E-state index is 0.0242. The largest absolute Gasteiger partial charge is 0.207 e. The van der Waals surface area contributed by atoms with Crippen molar-refractivity contribution in [3.63, 3.8) is 0 Å². The highest BCUT2D eigenvalue weighted by molar-refractivity contribution is 5.32. The zero-order chi connectivity index (χ0) is 13.3. The first-order chi connectivity index (χ1) is 8.47. The van der Waals surface area contributed by atoms with Crippen molar-refractivity contribution < 1.29 is 13.2 Å². The minimum Gasteiger partial charge on any atom is -0.207 e. The Bertz CT molecular complexity index is 565. The zero-order valence-corrected chi connectivity index (χ0v) is 10.2. The molecule has 3 heteroatoms. The first kappa shape index (κ1) is 12.7. The summed E-state index contributed by atoms with van der Waals surface area (Å²) in [4.78, 5) is 0. The molecule has 0 aliphatic heterocycles. The van der Waals surface area contributed by atoms with E-state index in [9.17, 15) is 13.2 Å². The summed E-state index contributed by atoms with van der Waals surface area (Å²) < 4.78 is 40.6. The standard InChI is InChI=1S/C15H13F3/c1-9-5-14(17)12(15(18)6-9)7-11-4-3-10(2)13(16)8-11/h3-6,8H,7H2,1-2H3. The van der Waals surface area contributed by atoms with Crippen LogP contribution in [0.15, 0.2) is 30.3 Å². The molecule has 2 aromatic carbocycles. The molecule has 0 amide bonds. The first-order valence-corrected chi connectivity index (χ1v) is 5.67. The summed E-state index contributed by atoms with van der Waals surface area (Å²) in [6.07, 6.45) is 0.0507. The molecule has 0 heterocycles. The average molecular weight is 250 g/mol. The van der Waals surface area contributed by atoms with E-state index in [4.69, 9.17) is 0 Å². The molecule has 0 radical (unpaired) electrons. The molecule has 0 aliphatic carbocycles. The molecule has 2 aromatic rings. The normalized spacial score (nSPS) is 10.7. The van der Waals surface area contributed by atoms with Gasteiger partial charge in [-0.2, -0.15) is 0 Å².